The molecule has 0 radical (unpaired) electrons. The Morgan fingerprint density at radius 2 is 2.07 bits per heavy atom. The molecule has 1 aromatic carbocycles. The first-order chi connectivity index (χ1) is 7.07. The number of aliphatic hydroxyl groups is 1. The molecule has 0 aromatic heterocycles. The molecular weight excluding hydrogens is 184 g/mol. The molecule has 15 heavy (non-hydrogen) atoms. The Kier molecular flexibility index (Phi) is 4.10. The lowest BCUT2D eigenvalue weighted by Crippen LogP contribution is -2.12. The Labute approximate surface area is 92.5 Å². The largest absolute Gasteiger partial charge is 0.395 e. The average molecular weight is 204 g/mol. The summed E-state index contributed by atoms with van der Waals surface area (Å²) in [6, 6.07) is 8.48. The third-order valence-electron chi connectivity index (χ3n) is 2.49. The molecule has 0 saturated carbocycles. The molecule has 0 heterocycles. The summed E-state index contributed by atoms with van der Waals surface area (Å²) in [5.74, 6) is 0. The molecule has 82 valence electrons. The van der Waals surface area contributed by atoms with Gasteiger partial charge in [0.25, 0.3) is 0 Å². The summed E-state index contributed by atoms with van der Waals surface area (Å²) in [4.78, 5) is 0. The van der Waals surface area contributed by atoms with Gasteiger partial charge in [0.2, 0.25) is 0 Å². The van der Waals surface area contributed by atoms with Gasteiger partial charge in [-0.2, -0.15) is 0 Å². The van der Waals surface area contributed by atoms with Crippen LogP contribution in [0.5, 0.6) is 0 Å². The predicted octanol–water partition coefficient (Wildman–Crippen LogP) is 3.28. The number of hydrogen-bond acceptors (Lipinski definition) is 1. The lowest BCUT2D eigenvalue weighted by Gasteiger charge is -2.15. The van der Waals surface area contributed by atoms with Gasteiger partial charge < -0.3 is 5.11 Å². The Bertz CT molecular complexity index is 337. The van der Waals surface area contributed by atoms with Gasteiger partial charge in [-0.05, 0) is 17.5 Å². The Balaban J connectivity index is 2.80. The normalized spacial score (nSPS) is 12.3. The fourth-order valence-electron chi connectivity index (χ4n) is 1.29. The summed E-state index contributed by atoms with van der Waals surface area (Å²) in [7, 11) is 0. The van der Waals surface area contributed by atoms with Crippen molar-refractivity contribution in [3.63, 3.8) is 0 Å². The van der Waals surface area contributed by atoms with E-state index in [0.29, 0.717) is 0 Å². The number of hydrogen-bond donors (Lipinski definition) is 1. The van der Waals surface area contributed by atoms with E-state index in [1.807, 2.05) is 13.8 Å². The van der Waals surface area contributed by atoms with E-state index >= 15 is 0 Å². The predicted molar refractivity (Wildman–Crippen MR) is 65.7 cm³/mol. The molecule has 1 heteroatoms. The van der Waals surface area contributed by atoms with Crippen molar-refractivity contribution in [2.24, 2.45) is 5.41 Å². The maximum absolute atomic E-state index is 9.12. The van der Waals surface area contributed by atoms with E-state index in [2.05, 4.69) is 43.3 Å². The minimum Gasteiger partial charge on any atom is -0.395 e. The van der Waals surface area contributed by atoms with Crippen LogP contribution in [0.2, 0.25) is 0 Å². The van der Waals surface area contributed by atoms with Gasteiger partial charge >= 0.3 is 0 Å². The van der Waals surface area contributed by atoms with Crippen molar-refractivity contribution in [3.8, 4) is 0 Å². The van der Waals surface area contributed by atoms with Gasteiger partial charge in [-0.3, -0.25) is 0 Å². The zero-order valence-corrected chi connectivity index (χ0v) is 9.83. The van der Waals surface area contributed by atoms with Crippen LogP contribution in [-0.4, -0.2) is 11.7 Å². The zero-order valence-electron chi connectivity index (χ0n) is 9.83. The molecule has 1 rings (SSSR count). The van der Waals surface area contributed by atoms with Crippen LogP contribution in [-0.2, 0) is 6.42 Å². The minimum absolute atomic E-state index is 0.137. The van der Waals surface area contributed by atoms with E-state index in [9.17, 15) is 0 Å². The highest BCUT2D eigenvalue weighted by molar-refractivity contribution is 5.51. The lowest BCUT2D eigenvalue weighted by molar-refractivity contribution is 0.200. The smallest absolute Gasteiger partial charge is 0.0516 e. The summed E-state index contributed by atoms with van der Waals surface area (Å²) in [6.45, 7) is 6.37. The zero-order chi connectivity index (χ0) is 11.3. The maximum atomic E-state index is 9.12. The quantitative estimate of drug-likeness (QED) is 0.798. The highest BCUT2D eigenvalue weighted by Gasteiger charge is 2.10. The highest BCUT2D eigenvalue weighted by Crippen LogP contribution is 2.18. The number of rotatable bonds is 4. The van der Waals surface area contributed by atoms with Crippen molar-refractivity contribution in [1.82, 2.24) is 0 Å². The molecule has 0 spiro atoms. The van der Waals surface area contributed by atoms with Crippen LogP contribution in [0.4, 0.5) is 0 Å². The summed E-state index contributed by atoms with van der Waals surface area (Å²) in [6.07, 6.45) is 5.20. The molecule has 1 aromatic rings. The molecule has 1 N–H and O–H groups in total. The number of aryl methyl sites for hydroxylation is 1. The third-order valence-corrected chi connectivity index (χ3v) is 2.49. The van der Waals surface area contributed by atoms with Gasteiger partial charge in [0.15, 0.2) is 0 Å². The fraction of sp³-hybridized carbons (Fsp3) is 0.429. The molecular formula is C14H20O. The second kappa shape index (κ2) is 5.13. The lowest BCUT2D eigenvalue weighted by atomic mass is 9.93. The summed E-state index contributed by atoms with van der Waals surface area (Å²) >= 11 is 0. The van der Waals surface area contributed by atoms with Crippen molar-refractivity contribution >= 4 is 6.08 Å². The second-order valence-electron chi connectivity index (χ2n) is 4.58. The van der Waals surface area contributed by atoms with Crippen molar-refractivity contribution < 1.29 is 5.11 Å². The molecule has 0 aliphatic carbocycles. The van der Waals surface area contributed by atoms with Gasteiger partial charge in [-0.1, -0.05) is 57.2 Å². The number of benzene rings is 1. The van der Waals surface area contributed by atoms with Gasteiger partial charge in [-0.25, -0.2) is 0 Å². The van der Waals surface area contributed by atoms with E-state index in [-0.39, 0.29) is 12.0 Å². The van der Waals surface area contributed by atoms with E-state index in [1.165, 1.54) is 11.1 Å². The van der Waals surface area contributed by atoms with E-state index < -0.39 is 0 Å². The summed E-state index contributed by atoms with van der Waals surface area (Å²) in [5.41, 5.74) is 2.41. The van der Waals surface area contributed by atoms with Crippen LogP contribution in [0.15, 0.2) is 30.3 Å². The SMILES string of the molecule is CCc1cccc(/C=C/C(C)(C)CO)c1. The topological polar surface area (TPSA) is 20.2 Å². The Morgan fingerprint density at radius 1 is 1.33 bits per heavy atom. The molecule has 1 nitrogen and oxygen atoms in total. The van der Waals surface area contributed by atoms with Gasteiger partial charge in [-0.15, -0.1) is 0 Å². The second-order valence-corrected chi connectivity index (χ2v) is 4.58. The first-order valence-corrected chi connectivity index (χ1v) is 5.46. The standard InChI is InChI=1S/C14H20O/c1-4-12-6-5-7-13(10-12)8-9-14(2,3)11-15/h5-10,15H,4,11H2,1-3H3/b9-8+. The first-order valence-electron chi connectivity index (χ1n) is 5.46. The summed E-state index contributed by atoms with van der Waals surface area (Å²) < 4.78 is 0. The van der Waals surface area contributed by atoms with Gasteiger partial charge in [0, 0.05) is 5.41 Å². The van der Waals surface area contributed by atoms with Crippen molar-refractivity contribution in [2.75, 3.05) is 6.61 Å². The van der Waals surface area contributed by atoms with Crippen LogP contribution in [0.3, 0.4) is 0 Å². The van der Waals surface area contributed by atoms with Gasteiger partial charge in [0.05, 0.1) is 6.61 Å². The fourth-order valence-corrected chi connectivity index (χ4v) is 1.29. The van der Waals surface area contributed by atoms with Gasteiger partial charge in [0.1, 0.15) is 0 Å². The van der Waals surface area contributed by atoms with Crippen molar-refractivity contribution in [1.29, 1.82) is 0 Å². The third kappa shape index (κ3) is 3.88. The molecule has 0 fully saturated rings. The minimum atomic E-state index is -0.137. The molecule has 0 unspecified atom stereocenters. The van der Waals surface area contributed by atoms with Crippen molar-refractivity contribution in [2.45, 2.75) is 27.2 Å². The highest BCUT2D eigenvalue weighted by atomic mass is 16.3. The van der Waals surface area contributed by atoms with Crippen LogP contribution >= 0.6 is 0 Å². The molecule has 0 amide bonds. The molecule has 0 bridgehead atoms. The molecule has 0 atom stereocenters. The van der Waals surface area contributed by atoms with Crippen LogP contribution in [0.25, 0.3) is 6.08 Å². The van der Waals surface area contributed by atoms with E-state index in [1.54, 1.807) is 0 Å². The average Bonchev–Trinajstić information content (AvgIpc) is 2.27. The monoisotopic (exact) mass is 204 g/mol. The first kappa shape index (κ1) is 12.0. The Hall–Kier alpha value is -1.08. The molecule has 0 saturated heterocycles. The Morgan fingerprint density at radius 3 is 2.67 bits per heavy atom. The van der Waals surface area contributed by atoms with E-state index in [4.69, 9.17) is 5.11 Å². The van der Waals surface area contributed by atoms with Crippen molar-refractivity contribution in [3.05, 3.63) is 41.5 Å². The van der Waals surface area contributed by atoms with Crippen LogP contribution in [0.1, 0.15) is 31.9 Å². The molecule has 0 aliphatic heterocycles. The number of aliphatic hydroxyl groups excluding tert-OH is 1. The van der Waals surface area contributed by atoms with E-state index in [0.717, 1.165) is 6.42 Å². The molecule has 0 aliphatic rings. The van der Waals surface area contributed by atoms with Crippen LogP contribution < -0.4 is 0 Å². The van der Waals surface area contributed by atoms with Crippen LogP contribution in [0, 0.1) is 5.41 Å². The maximum Gasteiger partial charge on any atom is 0.0516 e. The summed E-state index contributed by atoms with van der Waals surface area (Å²) in [5, 5.41) is 9.12.